The number of piperazine rings is 1. The van der Waals surface area contributed by atoms with Crippen LogP contribution in [0, 0.1) is 5.82 Å². The minimum atomic E-state index is -0.644. The molecule has 0 saturated carbocycles. The zero-order valence-electron chi connectivity index (χ0n) is 16.5. The van der Waals surface area contributed by atoms with Gasteiger partial charge in [0.2, 0.25) is 5.91 Å². The highest BCUT2D eigenvalue weighted by Gasteiger charge is 2.35. The maximum Gasteiger partial charge on any atom is 0.254 e. The number of rotatable bonds is 4. The van der Waals surface area contributed by atoms with Crippen LogP contribution >= 0.6 is 0 Å². The molecule has 0 bridgehead atoms. The van der Waals surface area contributed by atoms with Gasteiger partial charge in [0.15, 0.2) is 0 Å². The summed E-state index contributed by atoms with van der Waals surface area (Å²) in [6.45, 7) is 2.42. The Morgan fingerprint density at radius 1 is 0.933 bits per heavy atom. The number of benzene rings is 3. The molecule has 3 aromatic rings. The molecule has 5 nitrogen and oxygen atoms in total. The number of para-hydroxylation sites is 1. The Balaban J connectivity index is 1.45. The van der Waals surface area contributed by atoms with Gasteiger partial charge in [-0.25, -0.2) is 4.39 Å². The SMILES string of the molecule is CC1C(=O)N(c2ccc(Oc3ccccc3)cc2)CCN1C(=O)c1cccc(F)c1. The molecule has 0 aromatic heterocycles. The van der Waals surface area contributed by atoms with Crippen molar-refractivity contribution in [3.05, 3.63) is 90.2 Å². The first-order valence-corrected chi connectivity index (χ1v) is 9.74. The van der Waals surface area contributed by atoms with Gasteiger partial charge in [-0.15, -0.1) is 0 Å². The van der Waals surface area contributed by atoms with Gasteiger partial charge in [-0.2, -0.15) is 0 Å². The molecule has 6 heteroatoms. The van der Waals surface area contributed by atoms with Gasteiger partial charge >= 0.3 is 0 Å². The number of amides is 2. The van der Waals surface area contributed by atoms with Crippen LogP contribution < -0.4 is 9.64 Å². The summed E-state index contributed by atoms with van der Waals surface area (Å²) in [5.41, 5.74) is 0.982. The molecule has 1 aliphatic rings. The second kappa shape index (κ2) is 8.37. The van der Waals surface area contributed by atoms with Crippen molar-refractivity contribution in [2.45, 2.75) is 13.0 Å². The predicted molar refractivity (Wildman–Crippen MR) is 112 cm³/mol. The molecule has 0 N–H and O–H groups in total. The highest BCUT2D eigenvalue weighted by molar-refractivity contribution is 6.03. The summed E-state index contributed by atoms with van der Waals surface area (Å²) in [5, 5.41) is 0. The maximum atomic E-state index is 13.5. The highest BCUT2D eigenvalue weighted by atomic mass is 19.1. The van der Waals surface area contributed by atoms with Crippen molar-refractivity contribution < 1.29 is 18.7 Å². The summed E-state index contributed by atoms with van der Waals surface area (Å²) in [6, 6.07) is 21.6. The molecule has 1 saturated heterocycles. The number of hydrogen-bond acceptors (Lipinski definition) is 3. The molecule has 152 valence electrons. The van der Waals surface area contributed by atoms with E-state index < -0.39 is 11.9 Å². The Labute approximate surface area is 174 Å². The van der Waals surface area contributed by atoms with Gasteiger partial charge < -0.3 is 14.5 Å². The van der Waals surface area contributed by atoms with Gasteiger partial charge in [-0.05, 0) is 61.5 Å². The van der Waals surface area contributed by atoms with Gasteiger partial charge in [-0.1, -0.05) is 24.3 Å². The number of halogens is 1. The van der Waals surface area contributed by atoms with Crippen LogP contribution in [0.4, 0.5) is 10.1 Å². The minimum absolute atomic E-state index is 0.178. The van der Waals surface area contributed by atoms with Crippen LogP contribution in [0.25, 0.3) is 0 Å². The number of nitrogens with zero attached hydrogens (tertiary/aromatic N) is 2. The lowest BCUT2D eigenvalue weighted by Crippen LogP contribution is -2.57. The molecule has 1 unspecified atom stereocenters. The summed E-state index contributed by atoms with van der Waals surface area (Å²) >= 11 is 0. The molecule has 0 radical (unpaired) electrons. The molecule has 1 aliphatic heterocycles. The van der Waals surface area contributed by atoms with Crippen molar-refractivity contribution in [3.63, 3.8) is 0 Å². The van der Waals surface area contributed by atoms with Crippen LogP contribution in [0.1, 0.15) is 17.3 Å². The van der Waals surface area contributed by atoms with Gasteiger partial charge in [0, 0.05) is 24.3 Å². The van der Waals surface area contributed by atoms with Gasteiger partial charge in [0.05, 0.1) is 0 Å². The summed E-state index contributed by atoms with van der Waals surface area (Å²) in [6.07, 6.45) is 0. The topological polar surface area (TPSA) is 49.9 Å². The molecule has 2 amide bonds. The standard InChI is InChI=1S/C24H21FN2O3/c1-17-23(28)27(15-14-26(17)24(29)18-6-5-7-19(25)16-18)20-10-12-22(13-11-20)30-21-8-3-2-4-9-21/h2-13,16-17H,14-15H2,1H3. The van der Waals surface area contributed by atoms with E-state index in [1.54, 1.807) is 17.9 Å². The van der Waals surface area contributed by atoms with Gasteiger partial charge in [-0.3, -0.25) is 9.59 Å². The Morgan fingerprint density at radius 3 is 2.33 bits per heavy atom. The van der Waals surface area contributed by atoms with E-state index in [1.165, 1.54) is 23.1 Å². The summed E-state index contributed by atoms with van der Waals surface area (Å²) in [7, 11) is 0. The van der Waals surface area contributed by atoms with E-state index in [0.29, 0.717) is 18.8 Å². The average molecular weight is 404 g/mol. The Bertz CT molecular complexity index is 1050. The fourth-order valence-electron chi connectivity index (χ4n) is 3.51. The fraction of sp³-hybridized carbons (Fsp3) is 0.167. The van der Waals surface area contributed by atoms with Crippen molar-refractivity contribution >= 4 is 17.5 Å². The maximum absolute atomic E-state index is 13.5. The van der Waals surface area contributed by atoms with Crippen molar-refractivity contribution in [1.82, 2.24) is 4.90 Å². The number of anilines is 1. The monoisotopic (exact) mass is 404 g/mol. The lowest BCUT2D eigenvalue weighted by atomic mass is 10.1. The van der Waals surface area contributed by atoms with Crippen LogP contribution in [0.5, 0.6) is 11.5 Å². The van der Waals surface area contributed by atoms with E-state index in [1.807, 2.05) is 54.6 Å². The zero-order valence-corrected chi connectivity index (χ0v) is 16.5. The first-order valence-electron chi connectivity index (χ1n) is 9.74. The highest BCUT2D eigenvalue weighted by Crippen LogP contribution is 2.26. The Morgan fingerprint density at radius 2 is 1.63 bits per heavy atom. The summed E-state index contributed by atoms with van der Waals surface area (Å²) in [5.74, 6) is 0.408. The summed E-state index contributed by atoms with van der Waals surface area (Å²) < 4.78 is 19.3. The lowest BCUT2D eigenvalue weighted by Gasteiger charge is -2.39. The lowest BCUT2D eigenvalue weighted by molar-refractivity contribution is -0.124. The third-order valence-corrected chi connectivity index (χ3v) is 5.12. The molecule has 3 aromatic carbocycles. The largest absolute Gasteiger partial charge is 0.457 e. The number of ether oxygens (including phenoxy) is 1. The van der Waals surface area contributed by atoms with Crippen molar-refractivity contribution in [2.24, 2.45) is 0 Å². The van der Waals surface area contributed by atoms with E-state index in [9.17, 15) is 14.0 Å². The summed E-state index contributed by atoms with van der Waals surface area (Å²) in [4.78, 5) is 28.8. The number of carbonyl (C=O) groups excluding carboxylic acids is 2. The Kier molecular flexibility index (Phi) is 5.48. The second-order valence-electron chi connectivity index (χ2n) is 7.08. The molecule has 0 aliphatic carbocycles. The molecular formula is C24H21FN2O3. The first kappa shape index (κ1) is 19.6. The van der Waals surface area contributed by atoms with Crippen molar-refractivity contribution in [3.8, 4) is 11.5 Å². The Hall–Kier alpha value is -3.67. The normalized spacial score (nSPS) is 16.5. The number of carbonyl (C=O) groups is 2. The number of hydrogen-bond donors (Lipinski definition) is 0. The van der Waals surface area contributed by atoms with Crippen LogP contribution in [-0.4, -0.2) is 35.8 Å². The smallest absolute Gasteiger partial charge is 0.254 e. The van der Waals surface area contributed by atoms with E-state index in [2.05, 4.69) is 0 Å². The van der Waals surface area contributed by atoms with Crippen LogP contribution in [-0.2, 0) is 4.79 Å². The second-order valence-corrected chi connectivity index (χ2v) is 7.08. The third kappa shape index (κ3) is 4.03. The van der Waals surface area contributed by atoms with Crippen LogP contribution in [0.15, 0.2) is 78.9 Å². The zero-order chi connectivity index (χ0) is 21.1. The minimum Gasteiger partial charge on any atom is -0.457 e. The van der Waals surface area contributed by atoms with Crippen LogP contribution in [0.2, 0.25) is 0 Å². The van der Waals surface area contributed by atoms with E-state index in [-0.39, 0.29) is 17.4 Å². The molecular weight excluding hydrogens is 383 g/mol. The first-order chi connectivity index (χ1) is 14.5. The fourth-order valence-corrected chi connectivity index (χ4v) is 3.51. The quantitative estimate of drug-likeness (QED) is 0.644. The average Bonchev–Trinajstić information content (AvgIpc) is 2.77. The molecule has 1 fully saturated rings. The van der Waals surface area contributed by atoms with Crippen LogP contribution in [0.3, 0.4) is 0 Å². The van der Waals surface area contributed by atoms with Crippen molar-refractivity contribution in [2.75, 3.05) is 18.0 Å². The molecule has 4 rings (SSSR count). The molecule has 0 spiro atoms. The predicted octanol–water partition coefficient (Wildman–Crippen LogP) is 4.50. The van der Waals surface area contributed by atoms with E-state index >= 15 is 0 Å². The molecule has 30 heavy (non-hydrogen) atoms. The van der Waals surface area contributed by atoms with E-state index in [0.717, 1.165) is 11.4 Å². The third-order valence-electron chi connectivity index (χ3n) is 5.12. The van der Waals surface area contributed by atoms with Gasteiger partial charge in [0.1, 0.15) is 23.4 Å². The van der Waals surface area contributed by atoms with Gasteiger partial charge in [0.25, 0.3) is 5.91 Å². The molecule has 1 atom stereocenters. The van der Waals surface area contributed by atoms with E-state index in [4.69, 9.17) is 4.74 Å². The van der Waals surface area contributed by atoms with Crippen molar-refractivity contribution in [1.29, 1.82) is 0 Å². The molecule has 1 heterocycles.